The number of carboxylic acid groups (broad SMARTS) is 1. The first-order valence-corrected chi connectivity index (χ1v) is 14.1. The number of nitrogens with zero attached hydrogens (tertiary/aromatic N) is 4. The number of anilines is 1. The van der Waals surface area contributed by atoms with E-state index < -0.39 is 39.6 Å². The molecule has 0 aliphatic carbocycles. The lowest BCUT2D eigenvalue weighted by atomic mass is 10.0. The maximum absolute atomic E-state index is 12.9. The van der Waals surface area contributed by atoms with E-state index in [4.69, 9.17) is 28.1 Å². The van der Waals surface area contributed by atoms with Gasteiger partial charge < -0.3 is 30.3 Å². The molecule has 2 amide bonds. The van der Waals surface area contributed by atoms with Crippen LogP contribution in [0.25, 0.3) is 0 Å². The summed E-state index contributed by atoms with van der Waals surface area (Å²) < 4.78 is 32.3. The third kappa shape index (κ3) is 6.96. The second-order valence-electron chi connectivity index (χ2n) is 8.67. The molecule has 4 rings (SSSR count). The molecular weight excluding hydrogens is 552 g/mol. The topological polar surface area (TPSA) is 225 Å². The molecule has 0 spiro atoms. The van der Waals surface area contributed by atoms with Crippen LogP contribution in [0.2, 0.25) is 0 Å². The second-order valence-corrected chi connectivity index (χ2v) is 11.6. The van der Waals surface area contributed by atoms with Gasteiger partial charge >= 0.3 is 10.4 Å². The Morgan fingerprint density at radius 3 is 2.51 bits per heavy atom. The van der Waals surface area contributed by atoms with Crippen LogP contribution in [0.3, 0.4) is 0 Å². The lowest BCUT2D eigenvalue weighted by Crippen LogP contribution is -2.71. The summed E-state index contributed by atoms with van der Waals surface area (Å²) in [5.41, 5.74) is 6.39. The number of carbonyl (C=O) groups excluding carboxylic acids is 3. The highest BCUT2D eigenvalue weighted by atomic mass is 32.3. The van der Waals surface area contributed by atoms with E-state index in [0.29, 0.717) is 17.9 Å². The number of aliphatic carboxylic acids is 1. The summed E-state index contributed by atoms with van der Waals surface area (Å²) in [5.74, 6) is -2.06. The molecule has 2 atom stereocenters. The molecule has 0 saturated carbocycles. The summed E-state index contributed by atoms with van der Waals surface area (Å²) in [6, 6.07) is -0.891. The number of nitrogens with two attached hydrogens (primary N) is 1. The Balaban J connectivity index is 0.000000695. The molecule has 0 bridgehead atoms. The molecule has 2 saturated heterocycles. The van der Waals surface area contributed by atoms with Gasteiger partial charge in [0.2, 0.25) is 0 Å². The van der Waals surface area contributed by atoms with Crippen LogP contribution in [0.1, 0.15) is 18.5 Å². The Hall–Kier alpha value is -2.77. The van der Waals surface area contributed by atoms with Crippen LogP contribution in [0.4, 0.5) is 5.13 Å². The van der Waals surface area contributed by atoms with Crippen molar-refractivity contribution in [2.24, 2.45) is 5.16 Å². The lowest BCUT2D eigenvalue weighted by molar-refractivity contribution is -0.893. The predicted octanol–water partition coefficient (Wildman–Crippen LogP) is -1.93. The first kappa shape index (κ1) is 28.8. The highest BCUT2D eigenvalue weighted by molar-refractivity contribution is 8.00. The predicted molar refractivity (Wildman–Crippen MR) is 131 cm³/mol. The molecule has 15 nitrogen and oxygen atoms in total. The van der Waals surface area contributed by atoms with Crippen LogP contribution in [0, 0.1) is 0 Å². The fourth-order valence-electron chi connectivity index (χ4n) is 4.41. The summed E-state index contributed by atoms with van der Waals surface area (Å²) in [7, 11) is -1.27. The number of oxime groups is 1. The number of carbonyl (C=O) groups is 3. The zero-order valence-electron chi connectivity index (χ0n) is 19.8. The number of aromatic nitrogens is 1. The van der Waals surface area contributed by atoms with Crippen LogP contribution >= 0.6 is 23.1 Å². The molecule has 2 fully saturated rings. The summed E-state index contributed by atoms with van der Waals surface area (Å²) in [6.45, 7) is 2.53. The molecule has 5 N–H and O–H groups in total. The van der Waals surface area contributed by atoms with E-state index in [-0.39, 0.29) is 22.2 Å². The summed E-state index contributed by atoms with van der Waals surface area (Å²) in [6.07, 6.45) is 2.21. The highest BCUT2D eigenvalue weighted by Gasteiger charge is 2.53. The number of rotatable bonds is 7. The fraction of sp³-hybridized carbons (Fsp3) is 0.526. The number of nitrogens with one attached hydrogen (secondary N) is 1. The van der Waals surface area contributed by atoms with Crippen molar-refractivity contribution >= 4 is 62.1 Å². The molecule has 3 aliphatic heterocycles. The smallest absolute Gasteiger partial charge is 0.394 e. The van der Waals surface area contributed by atoms with Crippen LogP contribution < -0.4 is 16.2 Å². The molecule has 37 heavy (non-hydrogen) atoms. The van der Waals surface area contributed by atoms with Crippen LogP contribution in [0.5, 0.6) is 0 Å². The number of thiazole rings is 1. The number of β-lactam (4-membered cyclic amide) rings is 1. The number of fused-ring (bicyclic) bond motifs is 1. The SMILES string of the molecule is CO/N=C(/C(=O)NC1C(=O)N2C(C(=O)[O-])=C(C[N+]3(C)CCCC3)CSC12)c1csc(N)n1.O=S(=O)(O)O. The first-order chi connectivity index (χ1) is 17.2. The average Bonchev–Trinajstić information content (AvgIpc) is 3.42. The number of hydrogen-bond donors (Lipinski definition) is 4. The largest absolute Gasteiger partial charge is 0.543 e. The van der Waals surface area contributed by atoms with Gasteiger partial charge in [-0.05, 0) is 0 Å². The van der Waals surface area contributed by atoms with Gasteiger partial charge in [-0.1, -0.05) is 5.16 Å². The number of likely N-dealkylation sites (tertiary alicyclic amines) is 1. The van der Waals surface area contributed by atoms with Gasteiger partial charge in [-0.25, -0.2) is 4.98 Å². The Bertz CT molecular complexity index is 1230. The molecule has 204 valence electrons. The molecule has 0 radical (unpaired) electrons. The quantitative estimate of drug-likeness (QED) is 0.0912. The van der Waals surface area contributed by atoms with Gasteiger partial charge in [0.25, 0.3) is 11.8 Å². The Morgan fingerprint density at radius 2 is 2.00 bits per heavy atom. The van der Waals surface area contributed by atoms with Crippen LogP contribution in [-0.2, 0) is 29.6 Å². The van der Waals surface area contributed by atoms with Crippen molar-refractivity contribution in [1.29, 1.82) is 0 Å². The molecule has 1 aromatic rings. The van der Waals surface area contributed by atoms with Gasteiger partial charge in [0, 0.05) is 29.5 Å². The number of likely N-dealkylation sites (N-methyl/N-ethyl adjacent to an activating group) is 1. The normalized spacial score (nSPS) is 23.0. The molecule has 2 unspecified atom stereocenters. The molecule has 1 aromatic heterocycles. The number of carboxylic acids is 1. The zero-order valence-corrected chi connectivity index (χ0v) is 22.3. The van der Waals surface area contributed by atoms with Gasteiger partial charge in [-0.2, -0.15) is 8.42 Å². The number of nitrogen functional groups attached to an aromatic ring is 1. The van der Waals surface area contributed by atoms with E-state index in [1.165, 1.54) is 23.8 Å². The zero-order chi connectivity index (χ0) is 27.5. The molecule has 18 heteroatoms. The summed E-state index contributed by atoms with van der Waals surface area (Å²) >= 11 is 2.57. The maximum Gasteiger partial charge on any atom is 0.394 e. The van der Waals surface area contributed by atoms with Gasteiger partial charge in [-0.3, -0.25) is 23.6 Å². The van der Waals surface area contributed by atoms with Crippen molar-refractivity contribution in [2.75, 3.05) is 45.3 Å². The minimum absolute atomic E-state index is 0.0615. The summed E-state index contributed by atoms with van der Waals surface area (Å²) in [4.78, 5) is 47.7. The van der Waals surface area contributed by atoms with E-state index in [0.717, 1.165) is 41.8 Å². The van der Waals surface area contributed by atoms with Crippen LogP contribution in [0.15, 0.2) is 21.8 Å². The van der Waals surface area contributed by atoms with Crippen molar-refractivity contribution in [2.45, 2.75) is 24.3 Å². The van der Waals surface area contributed by atoms with Crippen molar-refractivity contribution in [3.05, 3.63) is 22.3 Å². The Labute approximate surface area is 220 Å². The van der Waals surface area contributed by atoms with Crippen molar-refractivity contribution in [3.8, 4) is 0 Å². The van der Waals surface area contributed by atoms with Crippen molar-refractivity contribution in [1.82, 2.24) is 15.2 Å². The average molecular weight is 579 g/mol. The number of hydrogen-bond acceptors (Lipinski definition) is 12. The van der Waals surface area contributed by atoms with Gasteiger partial charge in [0.05, 0.1) is 31.8 Å². The minimum atomic E-state index is -4.67. The Morgan fingerprint density at radius 1 is 1.38 bits per heavy atom. The summed E-state index contributed by atoms with van der Waals surface area (Å²) in [5, 5.41) is 19.6. The standard InChI is InChI=1S/C19H24N6O5S2.H2O4S/c1-25(5-3-4-6-25)7-10-8-31-17-13(16(27)24(17)14(10)18(28)29)22-15(26)12(23-30-2)11-9-32-19(20)21-11;1-5(2,3)4/h9,13,17H,3-8H2,1-2H3,(H3-,20,21,22,26,28,29);(H2,1,2,3,4)/b23-12+;. The molecular formula is C19H26N6O9S3. The molecule has 3 aliphatic rings. The van der Waals surface area contributed by atoms with Crippen molar-refractivity contribution in [3.63, 3.8) is 0 Å². The van der Waals surface area contributed by atoms with E-state index in [1.54, 1.807) is 5.38 Å². The monoisotopic (exact) mass is 578 g/mol. The van der Waals surface area contributed by atoms with Crippen molar-refractivity contribution < 1.29 is 46.3 Å². The fourth-order valence-corrected chi connectivity index (χ4v) is 6.30. The lowest BCUT2D eigenvalue weighted by Gasteiger charge is -2.51. The number of thioether (sulfide) groups is 1. The molecule has 4 heterocycles. The van der Waals surface area contributed by atoms with E-state index in [1.807, 2.05) is 0 Å². The third-order valence-electron chi connectivity index (χ3n) is 5.91. The van der Waals surface area contributed by atoms with Gasteiger partial charge in [-0.15, -0.1) is 23.1 Å². The van der Waals surface area contributed by atoms with Crippen LogP contribution in [-0.4, -0.2) is 106 Å². The van der Waals surface area contributed by atoms with E-state index in [9.17, 15) is 19.5 Å². The molecule has 0 aromatic carbocycles. The van der Waals surface area contributed by atoms with Gasteiger partial charge in [0.15, 0.2) is 10.8 Å². The Kier molecular flexibility index (Phi) is 8.81. The minimum Gasteiger partial charge on any atom is -0.543 e. The maximum atomic E-state index is 12.9. The highest BCUT2D eigenvalue weighted by Crippen LogP contribution is 2.41. The van der Waals surface area contributed by atoms with E-state index in [2.05, 4.69) is 22.5 Å². The first-order valence-electron chi connectivity index (χ1n) is 10.8. The second kappa shape index (κ2) is 11.3. The number of amides is 2. The third-order valence-corrected chi connectivity index (χ3v) is 7.92. The number of quaternary nitrogens is 1. The van der Waals surface area contributed by atoms with Gasteiger partial charge in [0.1, 0.15) is 30.8 Å². The van der Waals surface area contributed by atoms with E-state index >= 15 is 0 Å².